The standard InChI is InChI=1S/C27H37OSeSi/c1-26(2,3)30(27(4,5)6)28-24(21-20-23-15-9-7-10-16-23)17-13-14-22-29-25-18-11-8-12-19-25/h7-12,15-16,18-19,24H,13-14,17,22H2,1-6H3. The number of hydrogen-bond donors (Lipinski definition) is 0. The second-order valence-corrected chi connectivity index (χ2v) is 16.1. The number of rotatable bonds is 8. The van der Waals surface area contributed by atoms with E-state index in [2.05, 4.69) is 95.8 Å². The van der Waals surface area contributed by atoms with Gasteiger partial charge in [-0.05, 0) is 0 Å². The van der Waals surface area contributed by atoms with Gasteiger partial charge in [-0.25, -0.2) is 0 Å². The zero-order chi connectivity index (χ0) is 22.0. The van der Waals surface area contributed by atoms with Crippen molar-refractivity contribution in [1.82, 2.24) is 0 Å². The molecule has 1 radical (unpaired) electrons. The Labute approximate surface area is 192 Å². The summed E-state index contributed by atoms with van der Waals surface area (Å²) < 4.78 is 8.29. The summed E-state index contributed by atoms with van der Waals surface area (Å²) in [6.07, 6.45) is 3.45. The van der Waals surface area contributed by atoms with Crippen molar-refractivity contribution in [3.63, 3.8) is 0 Å². The number of hydrogen-bond acceptors (Lipinski definition) is 1. The summed E-state index contributed by atoms with van der Waals surface area (Å²) in [6.45, 7) is 13.9. The average Bonchev–Trinajstić information content (AvgIpc) is 2.69. The first-order chi connectivity index (χ1) is 14.2. The van der Waals surface area contributed by atoms with Crippen molar-refractivity contribution >= 4 is 28.5 Å². The Balaban J connectivity index is 2.00. The first-order valence-corrected chi connectivity index (χ1v) is 14.4. The van der Waals surface area contributed by atoms with Crippen molar-refractivity contribution in [2.45, 2.75) is 82.3 Å². The second kappa shape index (κ2) is 11.9. The molecule has 2 aromatic rings. The van der Waals surface area contributed by atoms with Crippen LogP contribution in [0, 0.1) is 11.8 Å². The van der Waals surface area contributed by atoms with Crippen molar-refractivity contribution < 1.29 is 4.43 Å². The van der Waals surface area contributed by atoms with E-state index in [1.54, 1.807) is 0 Å². The Hall–Kier alpha value is -1.30. The van der Waals surface area contributed by atoms with Crippen molar-refractivity contribution in [2.75, 3.05) is 0 Å². The summed E-state index contributed by atoms with van der Waals surface area (Å²) in [5.74, 6) is 6.84. The molecule has 0 aliphatic carbocycles. The van der Waals surface area contributed by atoms with Gasteiger partial charge in [-0.1, -0.05) is 0 Å². The van der Waals surface area contributed by atoms with Crippen LogP contribution in [0.25, 0.3) is 0 Å². The van der Waals surface area contributed by atoms with Crippen LogP contribution in [0.5, 0.6) is 0 Å². The van der Waals surface area contributed by atoms with Gasteiger partial charge in [0.1, 0.15) is 0 Å². The zero-order valence-electron chi connectivity index (χ0n) is 19.5. The van der Waals surface area contributed by atoms with Crippen LogP contribution in [0.2, 0.25) is 15.4 Å². The van der Waals surface area contributed by atoms with Crippen molar-refractivity contribution in [1.29, 1.82) is 0 Å². The molecule has 0 saturated carbocycles. The van der Waals surface area contributed by atoms with Gasteiger partial charge in [0.05, 0.1) is 0 Å². The maximum atomic E-state index is 6.80. The Morgan fingerprint density at radius 3 is 1.97 bits per heavy atom. The van der Waals surface area contributed by atoms with Crippen LogP contribution in [0.15, 0.2) is 60.7 Å². The van der Waals surface area contributed by atoms with E-state index in [1.807, 2.05) is 18.2 Å². The zero-order valence-corrected chi connectivity index (χ0v) is 22.2. The molecule has 1 unspecified atom stereocenters. The first kappa shape index (κ1) is 25.0. The number of unbranched alkanes of at least 4 members (excludes halogenated alkanes) is 1. The minimum absolute atomic E-state index is 0.0155. The normalized spacial score (nSPS) is 13.0. The molecular weight excluding hydrogens is 447 g/mol. The van der Waals surface area contributed by atoms with E-state index in [0.717, 1.165) is 12.0 Å². The van der Waals surface area contributed by atoms with Gasteiger partial charge in [0, 0.05) is 0 Å². The quantitative estimate of drug-likeness (QED) is 0.232. The van der Waals surface area contributed by atoms with Gasteiger partial charge in [0.25, 0.3) is 0 Å². The Bertz CT molecular complexity index is 780. The molecule has 0 aliphatic rings. The van der Waals surface area contributed by atoms with E-state index < -0.39 is 9.04 Å². The van der Waals surface area contributed by atoms with Crippen molar-refractivity contribution in [3.8, 4) is 11.8 Å². The minimum atomic E-state index is -1.06. The SMILES string of the molecule is CC(C)(C)[Si](OC(C#Cc1ccccc1)CCCC[Se]c1ccccc1)C(C)(C)C. The van der Waals surface area contributed by atoms with Crippen LogP contribution in [0.3, 0.4) is 0 Å². The van der Waals surface area contributed by atoms with Crippen LogP contribution in [0.1, 0.15) is 66.4 Å². The molecule has 0 aromatic heterocycles. The third kappa shape index (κ3) is 9.23. The fraction of sp³-hybridized carbons (Fsp3) is 0.481. The molecule has 0 saturated heterocycles. The van der Waals surface area contributed by atoms with Gasteiger partial charge < -0.3 is 0 Å². The summed E-state index contributed by atoms with van der Waals surface area (Å²) in [4.78, 5) is 0. The Morgan fingerprint density at radius 2 is 1.40 bits per heavy atom. The molecule has 0 N–H and O–H groups in total. The molecule has 0 bridgehead atoms. The second-order valence-electron chi connectivity index (χ2n) is 9.73. The van der Waals surface area contributed by atoms with E-state index in [1.165, 1.54) is 22.6 Å². The summed E-state index contributed by atoms with van der Waals surface area (Å²) in [7, 11) is -1.06. The average molecular weight is 485 g/mol. The van der Waals surface area contributed by atoms with Crippen LogP contribution in [-0.2, 0) is 4.43 Å². The predicted octanol–water partition coefficient (Wildman–Crippen LogP) is 6.63. The molecule has 0 aliphatic heterocycles. The summed E-state index contributed by atoms with van der Waals surface area (Å²) in [6, 6.07) is 21.2. The van der Waals surface area contributed by atoms with E-state index in [0.29, 0.717) is 15.0 Å². The topological polar surface area (TPSA) is 9.23 Å². The molecule has 0 amide bonds. The molecule has 161 valence electrons. The Kier molecular flexibility index (Phi) is 9.92. The van der Waals surface area contributed by atoms with E-state index >= 15 is 0 Å². The third-order valence-corrected chi connectivity index (χ3v) is 10.2. The molecular formula is C27H37OSeSi. The summed E-state index contributed by atoms with van der Waals surface area (Å²) in [5, 5.41) is 1.63. The van der Waals surface area contributed by atoms with Gasteiger partial charge in [-0.2, -0.15) is 0 Å². The molecule has 0 spiro atoms. The van der Waals surface area contributed by atoms with Gasteiger partial charge >= 0.3 is 193 Å². The van der Waals surface area contributed by atoms with Gasteiger partial charge in [-0.3, -0.25) is 0 Å². The first-order valence-electron chi connectivity index (χ1n) is 11.0. The number of benzene rings is 2. The van der Waals surface area contributed by atoms with Crippen LogP contribution in [0.4, 0.5) is 0 Å². The summed E-state index contributed by atoms with van der Waals surface area (Å²) >= 11 is 0.569. The maximum absolute atomic E-state index is 6.80. The van der Waals surface area contributed by atoms with Gasteiger partial charge in [-0.15, -0.1) is 0 Å². The Morgan fingerprint density at radius 1 is 0.833 bits per heavy atom. The van der Waals surface area contributed by atoms with E-state index in [9.17, 15) is 0 Å². The fourth-order valence-electron chi connectivity index (χ4n) is 3.61. The molecule has 30 heavy (non-hydrogen) atoms. The fourth-order valence-corrected chi connectivity index (χ4v) is 8.98. The third-order valence-electron chi connectivity index (χ3n) is 4.65. The monoisotopic (exact) mass is 485 g/mol. The molecule has 2 aromatic carbocycles. The van der Waals surface area contributed by atoms with E-state index in [-0.39, 0.29) is 16.2 Å². The molecule has 0 heterocycles. The van der Waals surface area contributed by atoms with Crippen LogP contribution in [-0.4, -0.2) is 30.1 Å². The van der Waals surface area contributed by atoms with E-state index in [4.69, 9.17) is 4.43 Å². The van der Waals surface area contributed by atoms with Crippen LogP contribution >= 0.6 is 0 Å². The van der Waals surface area contributed by atoms with Crippen LogP contribution < -0.4 is 4.46 Å². The molecule has 3 heteroatoms. The van der Waals surface area contributed by atoms with Crippen molar-refractivity contribution in [3.05, 3.63) is 66.2 Å². The predicted molar refractivity (Wildman–Crippen MR) is 134 cm³/mol. The van der Waals surface area contributed by atoms with Gasteiger partial charge in [0.15, 0.2) is 0 Å². The van der Waals surface area contributed by atoms with Crippen molar-refractivity contribution in [2.24, 2.45) is 0 Å². The molecule has 2 rings (SSSR count). The molecule has 0 fully saturated rings. The molecule has 1 nitrogen and oxygen atoms in total. The molecule has 1 atom stereocenters. The summed E-state index contributed by atoms with van der Waals surface area (Å²) in [5.41, 5.74) is 1.07. The van der Waals surface area contributed by atoms with Gasteiger partial charge in [0.2, 0.25) is 0 Å².